The molecule has 24 heavy (non-hydrogen) atoms. The topological polar surface area (TPSA) is 71.2 Å². The number of carbonyl (C=O) groups is 2. The van der Waals surface area contributed by atoms with Crippen LogP contribution < -0.4 is 5.32 Å². The van der Waals surface area contributed by atoms with Crippen LogP contribution in [0.3, 0.4) is 0 Å². The average Bonchev–Trinajstić information content (AvgIpc) is 2.86. The van der Waals surface area contributed by atoms with Crippen molar-refractivity contribution in [2.24, 2.45) is 0 Å². The van der Waals surface area contributed by atoms with E-state index in [4.69, 9.17) is 16.3 Å². The van der Waals surface area contributed by atoms with E-state index in [2.05, 4.69) is 10.3 Å². The van der Waals surface area contributed by atoms with Gasteiger partial charge in [0, 0.05) is 16.8 Å². The number of Topliss-reactive ketones (excluding diaryl/α,β-unsaturated/α-hetero) is 1. The standard InChI is InChI=1S/C18H21ClN2O3/c1-10-16(18(23)24-4)12(3)21-17(10)15(22)9-20-11(2)13-7-5-6-8-14(13)19/h5-8,11,20-21H,9H2,1-4H3/t11-/m1/s1. The molecule has 0 amide bonds. The van der Waals surface area contributed by atoms with Gasteiger partial charge in [-0.2, -0.15) is 0 Å². The Kier molecular flexibility index (Phi) is 5.80. The molecule has 0 saturated carbocycles. The summed E-state index contributed by atoms with van der Waals surface area (Å²) < 4.78 is 4.76. The maximum Gasteiger partial charge on any atom is 0.339 e. The highest BCUT2D eigenvalue weighted by Crippen LogP contribution is 2.23. The van der Waals surface area contributed by atoms with Gasteiger partial charge in [-0.1, -0.05) is 29.8 Å². The van der Waals surface area contributed by atoms with Gasteiger partial charge in [-0.25, -0.2) is 4.79 Å². The van der Waals surface area contributed by atoms with Crippen LogP contribution in [0.4, 0.5) is 0 Å². The summed E-state index contributed by atoms with van der Waals surface area (Å²) >= 11 is 6.17. The molecule has 0 aliphatic rings. The van der Waals surface area contributed by atoms with Gasteiger partial charge < -0.3 is 15.0 Å². The maximum absolute atomic E-state index is 12.5. The molecule has 0 aliphatic carbocycles. The van der Waals surface area contributed by atoms with E-state index in [1.54, 1.807) is 13.8 Å². The molecule has 1 atom stereocenters. The van der Waals surface area contributed by atoms with Gasteiger partial charge in [0.05, 0.1) is 24.9 Å². The highest BCUT2D eigenvalue weighted by molar-refractivity contribution is 6.31. The Labute approximate surface area is 146 Å². The zero-order valence-corrected chi connectivity index (χ0v) is 15.0. The van der Waals surface area contributed by atoms with Crippen molar-refractivity contribution in [3.63, 3.8) is 0 Å². The normalized spacial score (nSPS) is 12.0. The van der Waals surface area contributed by atoms with Crippen LogP contribution in [0.1, 0.15) is 50.6 Å². The first kappa shape index (κ1) is 18.2. The highest BCUT2D eigenvalue weighted by atomic mass is 35.5. The first-order valence-electron chi connectivity index (χ1n) is 7.65. The van der Waals surface area contributed by atoms with Crippen LogP contribution in [-0.2, 0) is 4.74 Å². The molecule has 0 aliphatic heterocycles. The Morgan fingerprint density at radius 1 is 1.29 bits per heavy atom. The molecule has 0 saturated heterocycles. The van der Waals surface area contributed by atoms with Crippen molar-refractivity contribution in [1.82, 2.24) is 10.3 Å². The minimum Gasteiger partial charge on any atom is -0.465 e. The summed E-state index contributed by atoms with van der Waals surface area (Å²) in [6.07, 6.45) is 0. The van der Waals surface area contributed by atoms with Crippen molar-refractivity contribution in [3.05, 3.63) is 57.4 Å². The fraction of sp³-hybridized carbons (Fsp3) is 0.333. The monoisotopic (exact) mass is 348 g/mol. The predicted octanol–water partition coefficient (Wildman–Crippen LogP) is 3.61. The largest absolute Gasteiger partial charge is 0.465 e. The van der Waals surface area contributed by atoms with Gasteiger partial charge in [-0.05, 0) is 38.0 Å². The first-order valence-corrected chi connectivity index (χ1v) is 8.03. The molecule has 0 bridgehead atoms. The molecule has 5 nitrogen and oxygen atoms in total. The predicted molar refractivity (Wildman–Crippen MR) is 93.8 cm³/mol. The molecule has 128 valence electrons. The molecule has 0 spiro atoms. The SMILES string of the molecule is COC(=O)c1c(C)[nH]c(C(=O)CN[C@H](C)c2ccccc2Cl)c1C. The van der Waals surface area contributed by atoms with E-state index in [0.717, 1.165) is 5.56 Å². The molecule has 2 rings (SSSR count). The van der Waals surface area contributed by atoms with Crippen LogP contribution in [0.2, 0.25) is 5.02 Å². The quantitative estimate of drug-likeness (QED) is 0.618. The number of methoxy groups -OCH3 is 1. The van der Waals surface area contributed by atoms with Crippen molar-refractivity contribution >= 4 is 23.4 Å². The fourth-order valence-corrected chi connectivity index (χ4v) is 3.01. The van der Waals surface area contributed by atoms with Crippen molar-refractivity contribution in [2.45, 2.75) is 26.8 Å². The number of halogens is 1. The number of hydrogen-bond acceptors (Lipinski definition) is 4. The summed E-state index contributed by atoms with van der Waals surface area (Å²) in [4.78, 5) is 27.3. The van der Waals surface area contributed by atoms with E-state index >= 15 is 0 Å². The first-order chi connectivity index (χ1) is 11.4. The van der Waals surface area contributed by atoms with E-state index in [1.165, 1.54) is 7.11 Å². The molecular weight excluding hydrogens is 328 g/mol. The van der Waals surface area contributed by atoms with E-state index in [0.29, 0.717) is 27.5 Å². The zero-order chi connectivity index (χ0) is 17.9. The van der Waals surface area contributed by atoms with Gasteiger partial charge in [-0.15, -0.1) is 0 Å². The number of esters is 1. The number of hydrogen-bond donors (Lipinski definition) is 2. The van der Waals surface area contributed by atoms with E-state index in [9.17, 15) is 9.59 Å². The molecule has 0 radical (unpaired) electrons. The average molecular weight is 349 g/mol. The lowest BCUT2D eigenvalue weighted by molar-refractivity contribution is 0.0599. The Hall–Kier alpha value is -2.11. The van der Waals surface area contributed by atoms with Gasteiger partial charge in [0.25, 0.3) is 0 Å². The van der Waals surface area contributed by atoms with Crippen molar-refractivity contribution in [1.29, 1.82) is 0 Å². The zero-order valence-electron chi connectivity index (χ0n) is 14.2. The van der Waals surface area contributed by atoms with Crippen LogP contribution in [0.25, 0.3) is 0 Å². The molecular formula is C18H21ClN2O3. The molecule has 2 aromatic rings. The van der Waals surface area contributed by atoms with E-state index in [-0.39, 0.29) is 18.4 Å². The molecule has 2 N–H and O–H groups in total. The van der Waals surface area contributed by atoms with Crippen molar-refractivity contribution in [2.75, 3.05) is 13.7 Å². The Balaban J connectivity index is 2.11. The minimum atomic E-state index is -0.447. The Morgan fingerprint density at radius 3 is 2.58 bits per heavy atom. The second kappa shape index (κ2) is 7.64. The molecule has 1 aromatic carbocycles. The summed E-state index contributed by atoms with van der Waals surface area (Å²) in [6.45, 7) is 5.56. The Bertz CT molecular complexity index is 768. The number of aromatic nitrogens is 1. The van der Waals surface area contributed by atoms with Gasteiger partial charge >= 0.3 is 5.97 Å². The molecule has 6 heteroatoms. The van der Waals surface area contributed by atoms with Gasteiger partial charge in [0.2, 0.25) is 0 Å². The summed E-state index contributed by atoms with van der Waals surface area (Å²) in [7, 11) is 1.32. The van der Waals surface area contributed by atoms with Crippen LogP contribution in [0.5, 0.6) is 0 Å². The number of carbonyl (C=O) groups excluding carboxylic acids is 2. The van der Waals surface area contributed by atoms with Crippen molar-refractivity contribution in [3.8, 4) is 0 Å². The number of ether oxygens (including phenoxy) is 1. The second-order valence-electron chi connectivity index (χ2n) is 5.66. The lowest BCUT2D eigenvalue weighted by Crippen LogP contribution is -2.26. The Morgan fingerprint density at radius 2 is 1.96 bits per heavy atom. The second-order valence-corrected chi connectivity index (χ2v) is 6.07. The van der Waals surface area contributed by atoms with Crippen molar-refractivity contribution < 1.29 is 14.3 Å². The summed E-state index contributed by atoms with van der Waals surface area (Å²) in [5.74, 6) is -0.567. The third kappa shape index (κ3) is 3.68. The molecule has 0 unspecified atom stereocenters. The van der Waals surface area contributed by atoms with Crippen LogP contribution in [0, 0.1) is 13.8 Å². The number of H-pyrrole nitrogens is 1. The smallest absolute Gasteiger partial charge is 0.339 e. The third-order valence-electron chi connectivity index (χ3n) is 4.05. The third-order valence-corrected chi connectivity index (χ3v) is 4.39. The van der Waals surface area contributed by atoms with Gasteiger partial charge in [-0.3, -0.25) is 4.79 Å². The molecule has 1 heterocycles. The van der Waals surface area contributed by atoms with Crippen LogP contribution in [-0.4, -0.2) is 30.4 Å². The highest BCUT2D eigenvalue weighted by Gasteiger charge is 2.22. The lowest BCUT2D eigenvalue weighted by atomic mass is 10.1. The number of aromatic amines is 1. The number of ketones is 1. The number of benzene rings is 1. The summed E-state index contributed by atoms with van der Waals surface area (Å²) in [5.41, 5.74) is 3.01. The van der Waals surface area contributed by atoms with E-state index < -0.39 is 5.97 Å². The van der Waals surface area contributed by atoms with Crippen LogP contribution >= 0.6 is 11.6 Å². The minimum absolute atomic E-state index is 0.0703. The molecule has 1 aromatic heterocycles. The summed E-state index contributed by atoms with van der Waals surface area (Å²) in [6, 6.07) is 7.44. The number of nitrogens with one attached hydrogen (secondary N) is 2. The molecule has 0 fully saturated rings. The number of rotatable bonds is 6. The summed E-state index contributed by atoms with van der Waals surface area (Å²) in [5, 5.41) is 3.82. The lowest BCUT2D eigenvalue weighted by Gasteiger charge is -2.15. The number of aryl methyl sites for hydroxylation is 1. The van der Waals surface area contributed by atoms with Crippen LogP contribution in [0.15, 0.2) is 24.3 Å². The van der Waals surface area contributed by atoms with Gasteiger partial charge in [0.15, 0.2) is 5.78 Å². The maximum atomic E-state index is 12.5. The fourth-order valence-electron chi connectivity index (χ4n) is 2.71. The van der Waals surface area contributed by atoms with Gasteiger partial charge in [0.1, 0.15) is 0 Å². The van der Waals surface area contributed by atoms with E-state index in [1.807, 2.05) is 31.2 Å².